The number of carbonyl (C=O) groups excluding carboxylic acids is 1. The second-order valence-corrected chi connectivity index (χ2v) is 7.99. The maximum Gasteiger partial charge on any atom is 0.290 e. The maximum absolute atomic E-state index is 14.8. The molecule has 0 aliphatic rings. The van der Waals surface area contributed by atoms with Crippen LogP contribution in [0.3, 0.4) is 0 Å². The Morgan fingerprint density at radius 2 is 1.88 bits per heavy atom. The highest BCUT2D eigenvalue weighted by Gasteiger charge is 2.34. The van der Waals surface area contributed by atoms with Gasteiger partial charge in [-0.1, -0.05) is 49.2 Å². The third kappa shape index (κ3) is 5.50. The van der Waals surface area contributed by atoms with Crippen LogP contribution in [0.2, 0.25) is 0 Å². The molecule has 2 aromatic carbocycles. The summed E-state index contributed by atoms with van der Waals surface area (Å²) >= 11 is 0. The summed E-state index contributed by atoms with van der Waals surface area (Å²) in [6.45, 7) is 6.00. The SMILES string of the molecule is CCCc1cccc(Oc2nncc(C)c2C(=O)NCC(F)(F)c2ccc(C)cc2C)c1F. The van der Waals surface area contributed by atoms with Crippen LogP contribution in [0.1, 0.15) is 51.5 Å². The molecule has 0 unspecified atom stereocenters. The summed E-state index contributed by atoms with van der Waals surface area (Å²) in [5.41, 5.74) is 1.88. The van der Waals surface area contributed by atoms with Gasteiger partial charge in [0.05, 0.1) is 12.7 Å². The average molecular weight is 457 g/mol. The fourth-order valence-electron chi connectivity index (χ4n) is 3.60. The molecule has 33 heavy (non-hydrogen) atoms. The van der Waals surface area contributed by atoms with Gasteiger partial charge in [-0.25, -0.2) is 4.39 Å². The number of hydrogen-bond donors (Lipinski definition) is 1. The van der Waals surface area contributed by atoms with Crippen molar-refractivity contribution in [1.29, 1.82) is 0 Å². The minimum atomic E-state index is -3.29. The first-order valence-corrected chi connectivity index (χ1v) is 10.6. The second kappa shape index (κ2) is 10.0. The molecule has 0 aliphatic heterocycles. The van der Waals surface area contributed by atoms with Crippen molar-refractivity contribution in [1.82, 2.24) is 15.5 Å². The summed E-state index contributed by atoms with van der Waals surface area (Å²) in [4.78, 5) is 12.9. The van der Waals surface area contributed by atoms with Gasteiger partial charge in [-0.05, 0) is 49.9 Å². The number of halogens is 3. The van der Waals surface area contributed by atoms with Crippen molar-refractivity contribution in [3.8, 4) is 11.6 Å². The number of hydrogen-bond acceptors (Lipinski definition) is 4. The number of alkyl halides is 2. The Labute approximate surface area is 191 Å². The van der Waals surface area contributed by atoms with E-state index in [0.717, 1.165) is 12.0 Å². The summed E-state index contributed by atoms with van der Waals surface area (Å²) in [7, 11) is 0. The van der Waals surface area contributed by atoms with Gasteiger partial charge in [0.1, 0.15) is 5.56 Å². The molecular weight excluding hydrogens is 431 g/mol. The lowest BCUT2D eigenvalue weighted by Gasteiger charge is -2.20. The van der Waals surface area contributed by atoms with E-state index in [1.165, 1.54) is 18.3 Å². The van der Waals surface area contributed by atoms with Crippen molar-refractivity contribution < 1.29 is 22.7 Å². The summed E-state index contributed by atoms with van der Waals surface area (Å²) in [5.74, 6) is -5.03. The van der Waals surface area contributed by atoms with E-state index >= 15 is 0 Å². The van der Waals surface area contributed by atoms with Crippen molar-refractivity contribution in [3.63, 3.8) is 0 Å². The predicted molar refractivity (Wildman–Crippen MR) is 119 cm³/mol. The van der Waals surface area contributed by atoms with Crippen LogP contribution in [0.4, 0.5) is 13.2 Å². The summed E-state index contributed by atoms with van der Waals surface area (Å²) in [6, 6.07) is 9.32. The molecule has 5 nitrogen and oxygen atoms in total. The van der Waals surface area contributed by atoms with Crippen LogP contribution in [-0.4, -0.2) is 22.6 Å². The fraction of sp³-hybridized carbons (Fsp3) is 0.320. The Hall–Kier alpha value is -3.42. The van der Waals surface area contributed by atoms with Gasteiger partial charge in [-0.3, -0.25) is 4.79 Å². The molecule has 8 heteroatoms. The number of nitrogens with one attached hydrogen (secondary N) is 1. The number of aromatic nitrogens is 2. The smallest absolute Gasteiger partial charge is 0.290 e. The summed E-state index contributed by atoms with van der Waals surface area (Å²) in [5, 5.41) is 9.84. The molecule has 0 aliphatic carbocycles. The van der Waals surface area contributed by atoms with Gasteiger partial charge in [-0.15, -0.1) is 5.10 Å². The molecule has 1 N–H and O–H groups in total. The van der Waals surface area contributed by atoms with E-state index in [0.29, 0.717) is 23.1 Å². The summed E-state index contributed by atoms with van der Waals surface area (Å²) < 4.78 is 50.0. The number of ether oxygens (including phenoxy) is 1. The van der Waals surface area contributed by atoms with Crippen molar-refractivity contribution in [2.45, 2.75) is 46.5 Å². The highest BCUT2D eigenvalue weighted by Crippen LogP contribution is 2.32. The summed E-state index contributed by atoms with van der Waals surface area (Å²) in [6.07, 6.45) is 2.57. The minimum Gasteiger partial charge on any atom is -0.434 e. The largest absolute Gasteiger partial charge is 0.434 e. The third-order valence-corrected chi connectivity index (χ3v) is 5.25. The molecule has 0 spiro atoms. The zero-order chi connectivity index (χ0) is 24.2. The van der Waals surface area contributed by atoms with E-state index in [9.17, 15) is 18.0 Å². The van der Waals surface area contributed by atoms with Gasteiger partial charge >= 0.3 is 0 Å². The van der Waals surface area contributed by atoms with Gasteiger partial charge in [0.25, 0.3) is 17.7 Å². The van der Waals surface area contributed by atoms with E-state index < -0.39 is 24.2 Å². The minimum absolute atomic E-state index is 0.0817. The Bertz CT molecular complexity index is 1170. The Balaban J connectivity index is 1.84. The highest BCUT2D eigenvalue weighted by atomic mass is 19.3. The molecule has 1 amide bonds. The highest BCUT2D eigenvalue weighted by molar-refractivity contribution is 5.97. The lowest BCUT2D eigenvalue weighted by atomic mass is 10.00. The van der Waals surface area contributed by atoms with Crippen LogP contribution in [0.25, 0.3) is 0 Å². The number of amides is 1. The molecule has 0 saturated carbocycles. The van der Waals surface area contributed by atoms with Crippen molar-refractivity contribution in [3.05, 3.63) is 81.8 Å². The molecule has 174 valence electrons. The standard InChI is InChI=1S/C25H26F3N3O2/c1-5-7-18-8-6-9-20(22(18)26)33-24-21(17(4)13-30-31-24)23(32)29-14-25(27,28)19-11-10-15(2)12-16(19)3/h6,8-13H,5,7,14H2,1-4H3,(H,29,32). The number of carbonyl (C=O) groups is 1. The monoisotopic (exact) mass is 457 g/mol. The van der Waals surface area contributed by atoms with Gasteiger partial charge in [-0.2, -0.15) is 13.9 Å². The van der Waals surface area contributed by atoms with Crippen LogP contribution in [0.5, 0.6) is 11.6 Å². The average Bonchev–Trinajstić information content (AvgIpc) is 2.75. The van der Waals surface area contributed by atoms with Crippen LogP contribution < -0.4 is 10.1 Å². The first-order chi connectivity index (χ1) is 15.6. The molecule has 3 rings (SSSR count). The van der Waals surface area contributed by atoms with Crippen molar-refractivity contribution in [2.24, 2.45) is 0 Å². The zero-order valence-corrected chi connectivity index (χ0v) is 19.0. The molecule has 0 atom stereocenters. The van der Waals surface area contributed by atoms with E-state index in [2.05, 4.69) is 15.5 Å². The van der Waals surface area contributed by atoms with E-state index in [1.807, 2.05) is 13.8 Å². The number of benzene rings is 2. The maximum atomic E-state index is 14.8. The van der Waals surface area contributed by atoms with Crippen LogP contribution >= 0.6 is 0 Å². The number of aryl methyl sites for hydroxylation is 4. The third-order valence-electron chi connectivity index (χ3n) is 5.25. The molecule has 0 bridgehead atoms. The molecule has 1 aromatic heterocycles. The van der Waals surface area contributed by atoms with Crippen molar-refractivity contribution >= 4 is 5.91 Å². The topological polar surface area (TPSA) is 64.1 Å². The lowest BCUT2D eigenvalue weighted by Crippen LogP contribution is -2.36. The number of rotatable bonds is 8. The predicted octanol–water partition coefficient (Wildman–Crippen LogP) is 5.81. The van der Waals surface area contributed by atoms with Gasteiger partial charge < -0.3 is 10.1 Å². The second-order valence-electron chi connectivity index (χ2n) is 7.99. The Morgan fingerprint density at radius 1 is 1.12 bits per heavy atom. The van der Waals surface area contributed by atoms with E-state index in [4.69, 9.17) is 4.74 Å². The first kappa shape index (κ1) is 24.2. The van der Waals surface area contributed by atoms with Crippen molar-refractivity contribution in [2.75, 3.05) is 6.54 Å². The normalized spacial score (nSPS) is 11.4. The van der Waals surface area contributed by atoms with Crippen LogP contribution in [0.15, 0.2) is 42.6 Å². The molecule has 1 heterocycles. The fourth-order valence-corrected chi connectivity index (χ4v) is 3.60. The van der Waals surface area contributed by atoms with Gasteiger partial charge in [0.15, 0.2) is 11.6 Å². The Morgan fingerprint density at radius 3 is 2.58 bits per heavy atom. The van der Waals surface area contributed by atoms with Gasteiger partial charge in [0, 0.05) is 5.56 Å². The molecule has 0 fully saturated rings. The van der Waals surface area contributed by atoms with Crippen LogP contribution in [-0.2, 0) is 12.3 Å². The zero-order valence-electron chi connectivity index (χ0n) is 19.0. The quantitative estimate of drug-likeness (QED) is 0.464. The van der Waals surface area contributed by atoms with Gasteiger partial charge in [0.2, 0.25) is 0 Å². The Kier molecular flexibility index (Phi) is 7.36. The lowest BCUT2D eigenvalue weighted by molar-refractivity contribution is -0.00311. The van der Waals surface area contributed by atoms with E-state index in [1.54, 1.807) is 38.1 Å². The van der Waals surface area contributed by atoms with E-state index in [-0.39, 0.29) is 22.8 Å². The van der Waals surface area contributed by atoms with Crippen LogP contribution in [0, 0.1) is 26.6 Å². The first-order valence-electron chi connectivity index (χ1n) is 10.6. The molecule has 0 radical (unpaired) electrons. The molecular formula is C25H26F3N3O2. The molecule has 0 saturated heterocycles. The number of nitrogens with zero attached hydrogens (tertiary/aromatic N) is 2. The molecule has 3 aromatic rings.